The van der Waals surface area contributed by atoms with Crippen LogP contribution in [0.25, 0.3) is 0 Å². The van der Waals surface area contributed by atoms with Gasteiger partial charge < -0.3 is 5.32 Å². The van der Waals surface area contributed by atoms with E-state index in [1.165, 1.54) is 6.33 Å². The summed E-state index contributed by atoms with van der Waals surface area (Å²) in [6.45, 7) is 0. The van der Waals surface area contributed by atoms with E-state index in [0.29, 0.717) is 17.4 Å². The number of carbonyl (C=O) groups is 1. The molecule has 2 aliphatic rings. The lowest BCUT2D eigenvalue weighted by atomic mass is 9.77. The Morgan fingerprint density at radius 3 is 2.85 bits per heavy atom. The number of fused-ring (bicyclic) bond motifs is 2. The van der Waals surface area contributed by atoms with E-state index >= 15 is 0 Å². The zero-order chi connectivity index (χ0) is 17.7. The van der Waals surface area contributed by atoms with Crippen LogP contribution in [-0.2, 0) is 4.79 Å². The molecular formula is C19H15ClN4OS. The van der Waals surface area contributed by atoms with Gasteiger partial charge in [-0.15, -0.1) is 11.3 Å². The minimum Gasteiger partial charge on any atom is -0.328 e. The second-order valence-electron chi connectivity index (χ2n) is 6.54. The number of anilines is 1. The number of rotatable bonds is 2. The van der Waals surface area contributed by atoms with E-state index in [2.05, 4.69) is 27.5 Å². The topological polar surface area (TPSA) is 59.8 Å². The third-order valence-corrected chi connectivity index (χ3v) is 6.22. The Kier molecular flexibility index (Phi) is 3.69. The van der Waals surface area contributed by atoms with Gasteiger partial charge in [0.2, 0.25) is 5.95 Å². The number of aromatic nitrogens is 3. The van der Waals surface area contributed by atoms with Crippen molar-refractivity contribution in [3.8, 4) is 0 Å². The molecule has 0 unspecified atom stereocenters. The van der Waals surface area contributed by atoms with Crippen LogP contribution in [0.4, 0.5) is 5.95 Å². The molecule has 0 bridgehead atoms. The highest BCUT2D eigenvalue weighted by atomic mass is 35.5. The smallest absolute Gasteiger partial charge is 0.226 e. The highest BCUT2D eigenvalue weighted by Gasteiger charge is 2.43. The van der Waals surface area contributed by atoms with Gasteiger partial charge in [-0.25, -0.2) is 4.68 Å². The Hall–Kier alpha value is -2.44. The summed E-state index contributed by atoms with van der Waals surface area (Å²) >= 11 is 7.64. The fourth-order valence-corrected chi connectivity index (χ4v) is 4.82. The average Bonchev–Trinajstić information content (AvgIpc) is 3.32. The average molecular weight is 383 g/mol. The summed E-state index contributed by atoms with van der Waals surface area (Å²) in [5, 5.41) is 10.4. The van der Waals surface area contributed by atoms with Crippen LogP contribution in [0.3, 0.4) is 0 Å². The number of nitrogens with zero attached hydrogens (tertiary/aromatic N) is 3. The lowest BCUT2D eigenvalue weighted by Crippen LogP contribution is -2.39. The summed E-state index contributed by atoms with van der Waals surface area (Å²) < 4.78 is 1.83. The van der Waals surface area contributed by atoms with Crippen molar-refractivity contribution in [3.05, 3.63) is 75.3 Å². The highest BCUT2D eigenvalue weighted by molar-refractivity contribution is 7.10. The first kappa shape index (κ1) is 15.8. The van der Waals surface area contributed by atoms with Gasteiger partial charge in [-0.2, -0.15) is 10.1 Å². The Bertz CT molecular complexity index is 993. The number of allylic oxidation sites excluding steroid dienone is 2. The largest absolute Gasteiger partial charge is 0.328 e. The summed E-state index contributed by atoms with van der Waals surface area (Å²) in [5.41, 5.74) is 2.01. The number of thiophene rings is 1. The molecule has 7 heteroatoms. The molecule has 26 heavy (non-hydrogen) atoms. The van der Waals surface area contributed by atoms with Crippen LogP contribution >= 0.6 is 22.9 Å². The fraction of sp³-hybridized carbons (Fsp3) is 0.211. The van der Waals surface area contributed by atoms with Crippen molar-refractivity contribution >= 4 is 34.7 Å². The minimum atomic E-state index is -0.258. The third kappa shape index (κ3) is 2.48. The number of hydrogen-bond donors (Lipinski definition) is 1. The lowest BCUT2D eigenvalue weighted by molar-refractivity contribution is -0.123. The SMILES string of the molecule is O=C1C[C@H](c2ccc(Cl)cc2)C=C2Nc3ncnn3[C@@H](c3cccs3)[C@H]12. The number of hydrogen-bond acceptors (Lipinski definition) is 5. The van der Waals surface area contributed by atoms with Gasteiger partial charge in [-0.1, -0.05) is 35.9 Å². The molecule has 1 aliphatic heterocycles. The molecule has 130 valence electrons. The predicted molar refractivity (Wildman–Crippen MR) is 101 cm³/mol. The standard InChI is InChI=1S/C19H15ClN4OS/c20-13-5-3-11(4-6-13)12-8-14-17(15(25)9-12)18(16-2-1-7-26-16)24-19(23-14)21-10-22-24/h1-8,10,12,17-18H,9H2,(H,21,22,23)/t12-,17+,18+/m1/s1. The first-order valence-electron chi connectivity index (χ1n) is 8.40. The van der Waals surface area contributed by atoms with Crippen LogP contribution in [0.2, 0.25) is 5.02 Å². The van der Waals surface area contributed by atoms with E-state index < -0.39 is 0 Å². The lowest BCUT2D eigenvalue weighted by Gasteiger charge is -2.37. The van der Waals surface area contributed by atoms with Crippen LogP contribution in [0.1, 0.15) is 28.8 Å². The Labute approximate surface area is 159 Å². The van der Waals surface area contributed by atoms with E-state index in [1.54, 1.807) is 11.3 Å². The molecule has 3 heterocycles. The van der Waals surface area contributed by atoms with E-state index in [9.17, 15) is 4.79 Å². The predicted octanol–water partition coefficient (Wildman–Crippen LogP) is 4.26. The van der Waals surface area contributed by atoms with Gasteiger partial charge in [0, 0.05) is 27.9 Å². The van der Waals surface area contributed by atoms with E-state index in [0.717, 1.165) is 16.1 Å². The molecule has 0 saturated heterocycles. The number of Topliss-reactive ketones (excluding diaryl/α,β-unsaturated/α-hetero) is 1. The van der Waals surface area contributed by atoms with Crippen LogP contribution in [-0.4, -0.2) is 20.5 Å². The van der Waals surface area contributed by atoms with Crippen molar-refractivity contribution in [2.24, 2.45) is 5.92 Å². The summed E-state index contributed by atoms with van der Waals surface area (Å²) in [6, 6.07) is 11.6. The molecule has 0 fully saturated rings. The van der Waals surface area contributed by atoms with Gasteiger partial charge in [-0.05, 0) is 29.1 Å². The fourth-order valence-electron chi connectivity index (χ4n) is 3.84. The van der Waals surface area contributed by atoms with Crippen molar-refractivity contribution in [3.63, 3.8) is 0 Å². The molecule has 5 rings (SSSR count). The quantitative estimate of drug-likeness (QED) is 0.719. The molecule has 0 radical (unpaired) electrons. The number of benzene rings is 1. The Balaban J connectivity index is 1.60. The van der Waals surface area contributed by atoms with Gasteiger partial charge >= 0.3 is 0 Å². The van der Waals surface area contributed by atoms with Crippen molar-refractivity contribution in [2.75, 3.05) is 5.32 Å². The molecule has 3 aromatic rings. The molecule has 1 aromatic carbocycles. The van der Waals surface area contributed by atoms with Gasteiger partial charge in [0.1, 0.15) is 18.2 Å². The maximum Gasteiger partial charge on any atom is 0.226 e. The maximum absolute atomic E-state index is 13.2. The monoisotopic (exact) mass is 382 g/mol. The van der Waals surface area contributed by atoms with Gasteiger partial charge in [0.15, 0.2) is 0 Å². The summed E-state index contributed by atoms with van der Waals surface area (Å²) in [5.74, 6) is 0.674. The van der Waals surface area contributed by atoms with E-state index in [-0.39, 0.29) is 23.7 Å². The molecular weight excluding hydrogens is 368 g/mol. The molecule has 0 spiro atoms. The van der Waals surface area contributed by atoms with Crippen molar-refractivity contribution < 1.29 is 4.79 Å². The molecule has 2 aromatic heterocycles. The maximum atomic E-state index is 13.2. The normalized spacial score (nSPS) is 24.4. The first-order chi connectivity index (χ1) is 12.7. The van der Waals surface area contributed by atoms with Crippen molar-refractivity contribution in [1.82, 2.24) is 14.8 Å². The molecule has 0 saturated carbocycles. The van der Waals surface area contributed by atoms with Gasteiger partial charge in [-0.3, -0.25) is 4.79 Å². The number of ketones is 1. The molecule has 3 atom stereocenters. The molecule has 0 amide bonds. The number of nitrogens with one attached hydrogen (secondary N) is 1. The second kappa shape index (κ2) is 6.07. The van der Waals surface area contributed by atoms with Crippen molar-refractivity contribution in [2.45, 2.75) is 18.4 Å². The summed E-state index contributed by atoms with van der Waals surface area (Å²) in [6.07, 6.45) is 4.17. The minimum absolute atomic E-state index is 0.0389. The molecule has 5 nitrogen and oxygen atoms in total. The summed E-state index contributed by atoms with van der Waals surface area (Å²) in [4.78, 5) is 18.6. The van der Waals surface area contributed by atoms with Crippen LogP contribution in [0, 0.1) is 5.92 Å². The van der Waals surface area contributed by atoms with Crippen molar-refractivity contribution in [1.29, 1.82) is 0 Å². The molecule has 1 aliphatic carbocycles. The van der Waals surface area contributed by atoms with Crippen LogP contribution < -0.4 is 5.32 Å². The van der Waals surface area contributed by atoms with Crippen LogP contribution in [0.15, 0.2) is 59.9 Å². The van der Waals surface area contributed by atoms with Gasteiger partial charge in [0.05, 0.1) is 5.92 Å². The molecule has 1 N–H and O–H groups in total. The van der Waals surface area contributed by atoms with E-state index in [1.807, 2.05) is 40.4 Å². The Morgan fingerprint density at radius 2 is 2.08 bits per heavy atom. The zero-order valence-electron chi connectivity index (χ0n) is 13.7. The number of halogens is 1. The van der Waals surface area contributed by atoms with E-state index in [4.69, 9.17) is 11.6 Å². The number of carbonyl (C=O) groups excluding carboxylic acids is 1. The van der Waals surface area contributed by atoms with Gasteiger partial charge in [0.25, 0.3) is 0 Å². The first-order valence-corrected chi connectivity index (χ1v) is 9.66. The summed E-state index contributed by atoms with van der Waals surface area (Å²) in [7, 11) is 0. The Morgan fingerprint density at radius 1 is 1.23 bits per heavy atom. The highest BCUT2D eigenvalue weighted by Crippen LogP contribution is 2.44. The third-order valence-electron chi connectivity index (χ3n) is 5.03. The second-order valence-corrected chi connectivity index (χ2v) is 7.96. The zero-order valence-corrected chi connectivity index (χ0v) is 15.2. The van der Waals surface area contributed by atoms with Crippen LogP contribution in [0.5, 0.6) is 0 Å².